The first-order chi connectivity index (χ1) is 12.1. The summed E-state index contributed by atoms with van der Waals surface area (Å²) >= 11 is 6.19. The molecule has 1 aromatic carbocycles. The lowest BCUT2D eigenvalue weighted by Crippen LogP contribution is -2.36. The Labute approximate surface area is 150 Å². The van der Waals surface area contributed by atoms with E-state index >= 15 is 0 Å². The predicted molar refractivity (Wildman–Crippen MR) is 95.4 cm³/mol. The molecular weight excluding hydrogens is 342 g/mol. The normalized spacial score (nSPS) is 17.2. The molecular formula is C18H20ClN3O3. The predicted octanol–water partition coefficient (Wildman–Crippen LogP) is 2.88. The van der Waals surface area contributed by atoms with E-state index in [0.717, 1.165) is 24.8 Å². The highest BCUT2D eigenvalue weighted by Gasteiger charge is 2.29. The van der Waals surface area contributed by atoms with Gasteiger partial charge < -0.3 is 10.5 Å². The van der Waals surface area contributed by atoms with Gasteiger partial charge in [-0.15, -0.1) is 0 Å². The fourth-order valence-corrected chi connectivity index (χ4v) is 3.38. The molecule has 0 bridgehead atoms. The minimum absolute atomic E-state index is 0.161. The second-order valence-corrected chi connectivity index (χ2v) is 6.48. The van der Waals surface area contributed by atoms with Crippen LogP contribution in [0.25, 0.3) is 0 Å². The van der Waals surface area contributed by atoms with Gasteiger partial charge in [-0.25, -0.2) is 9.78 Å². The Bertz CT molecular complexity index is 820. The molecule has 0 aliphatic carbocycles. The molecule has 132 valence electrons. The first kappa shape index (κ1) is 17.5. The fraction of sp³-hybridized carbons (Fsp3) is 0.389. The molecule has 3 rings (SSSR count). The molecule has 1 aliphatic rings. The molecule has 0 saturated carbocycles. The quantitative estimate of drug-likeness (QED) is 0.849. The summed E-state index contributed by atoms with van der Waals surface area (Å²) < 4.78 is 6.84. The molecule has 1 aromatic heterocycles. The molecule has 0 spiro atoms. The Hall–Kier alpha value is -2.34. The molecule has 2 aromatic rings. The van der Waals surface area contributed by atoms with Crippen molar-refractivity contribution in [3.05, 3.63) is 57.1 Å². The number of nitrogen functional groups attached to an aromatic ring is 1. The van der Waals surface area contributed by atoms with Gasteiger partial charge in [-0.2, -0.15) is 0 Å². The largest absolute Gasteiger partial charge is 0.459 e. The van der Waals surface area contributed by atoms with Crippen LogP contribution in [0.1, 0.15) is 43.0 Å². The minimum Gasteiger partial charge on any atom is -0.459 e. The van der Waals surface area contributed by atoms with Gasteiger partial charge in [-0.1, -0.05) is 54.8 Å². The Morgan fingerprint density at radius 1 is 1.28 bits per heavy atom. The van der Waals surface area contributed by atoms with Crippen molar-refractivity contribution in [2.45, 2.75) is 44.8 Å². The zero-order valence-corrected chi connectivity index (χ0v) is 14.5. The Morgan fingerprint density at radius 3 is 2.80 bits per heavy atom. The summed E-state index contributed by atoms with van der Waals surface area (Å²) in [4.78, 5) is 29.1. The number of benzene rings is 1. The summed E-state index contributed by atoms with van der Waals surface area (Å²) in [6.07, 6.45) is 3.77. The zero-order chi connectivity index (χ0) is 17.8. The van der Waals surface area contributed by atoms with Gasteiger partial charge in [0.1, 0.15) is 12.6 Å². The maximum absolute atomic E-state index is 12.7. The van der Waals surface area contributed by atoms with Crippen molar-refractivity contribution >= 4 is 23.4 Å². The number of aromatic nitrogens is 2. The molecule has 25 heavy (non-hydrogen) atoms. The highest BCUT2D eigenvalue weighted by atomic mass is 35.5. The van der Waals surface area contributed by atoms with Crippen LogP contribution in [0.4, 0.5) is 5.82 Å². The molecule has 0 radical (unpaired) electrons. The van der Waals surface area contributed by atoms with Crippen LogP contribution in [0.15, 0.2) is 35.1 Å². The van der Waals surface area contributed by atoms with E-state index in [1.54, 1.807) is 0 Å². The second kappa shape index (κ2) is 7.70. The average Bonchev–Trinajstić information content (AvgIpc) is 2.59. The third kappa shape index (κ3) is 3.85. The number of fused-ring (bicyclic) bond motifs is 1. The van der Waals surface area contributed by atoms with Crippen molar-refractivity contribution in [1.82, 2.24) is 9.55 Å². The van der Waals surface area contributed by atoms with Crippen molar-refractivity contribution in [3.63, 3.8) is 0 Å². The third-order valence-corrected chi connectivity index (χ3v) is 4.69. The van der Waals surface area contributed by atoms with E-state index in [9.17, 15) is 9.59 Å². The van der Waals surface area contributed by atoms with Crippen LogP contribution in [0.5, 0.6) is 0 Å². The second-order valence-electron chi connectivity index (χ2n) is 6.12. The van der Waals surface area contributed by atoms with Crippen LogP contribution in [0.2, 0.25) is 5.15 Å². The Morgan fingerprint density at radius 2 is 2.04 bits per heavy atom. The van der Waals surface area contributed by atoms with Crippen LogP contribution in [0.3, 0.4) is 0 Å². The number of carbonyl (C=O) groups excluding carboxylic acids is 1. The summed E-state index contributed by atoms with van der Waals surface area (Å²) in [5, 5.41) is 0.180. The summed E-state index contributed by atoms with van der Waals surface area (Å²) in [5.41, 5.74) is 6.65. The number of rotatable bonds is 3. The molecule has 6 nitrogen and oxygen atoms in total. The molecule has 0 saturated heterocycles. The lowest BCUT2D eigenvalue weighted by atomic mass is 10.0. The maximum atomic E-state index is 12.7. The maximum Gasteiger partial charge on any atom is 0.329 e. The number of ether oxygens (including phenoxy) is 1. The number of carbonyl (C=O) groups is 1. The SMILES string of the molecule is Nc1nc(Cl)c2n(c1=O)C(C(=O)OCc1ccccc1)CCCCC2. The van der Waals surface area contributed by atoms with Gasteiger partial charge in [0.2, 0.25) is 0 Å². The number of esters is 1. The van der Waals surface area contributed by atoms with E-state index in [1.807, 2.05) is 30.3 Å². The lowest BCUT2D eigenvalue weighted by molar-refractivity contribution is -0.149. The van der Waals surface area contributed by atoms with Crippen LogP contribution in [-0.4, -0.2) is 15.5 Å². The number of hydrogen-bond acceptors (Lipinski definition) is 5. The van der Waals surface area contributed by atoms with E-state index in [4.69, 9.17) is 22.1 Å². The van der Waals surface area contributed by atoms with Gasteiger partial charge >= 0.3 is 5.97 Å². The van der Waals surface area contributed by atoms with Gasteiger partial charge in [0.15, 0.2) is 11.0 Å². The Kier molecular flexibility index (Phi) is 5.38. The number of halogens is 1. The van der Waals surface area contributed by atoms with E-state index < -0.39 is 17.6 Å². The summed E-state index contributed by atoms with van der Waals surface area (Å²) in [6, 6.07) is 8.69. The summed E-state index contributed by atoms with van der Waals surface area (Å²) in [6.45, 7) is 0.161. The zero-order valence-electron chi connectivity index (χ0n) is 13.8. The topological polar surface area (TPSA) is 87.2 Å². The molecule has 0 amide bonds. The van der Waals surface area contributed by atoms with Crippen molar-refractivity contribution < 1.29 is 9.53 Å². The van der Waals surface area contributed by atoms with Crippen molar-refractivity contribution in [2.75, 3.05) is 5.73 Å². The first-order valence-corrected chi connectivity index (χ1v) is 8.72. The van der Waals surface area contributed by atoms with Crippen LogP contribution < -0.4 is 11.3 Å². The molecule has 0 fully saturated rings. The van der Waals surface area contributed by atoms with E-state index in [2.05, 4.69) is 4.98 Å². The van der Waals surface area contributed by atoms with Crippen molar-refractivity contribution in [1.29, 1.82) is 0 Å². The van der Waals surface area contributed by atoms with E-state index in [-0.39, 0.29) is 17.6 Å². The van der Waals surface area contributed by atoms with Gasteiger partial charge in [-0.05, 0) is 24.8 Å². The van der Waals surface area contributed by atoms with Crippen molar-refractivity contribution in [2.24, 2.45) is 0 Å². The highest BCUT2D eigenvalue weighted by molar-refractivity contribution is 6.30. The number of nitrogens with zero attached hydrogens (tertiary/aromatic N) is 2. The van der Waals surface area contributed by atoms with Crippen molar-refractivity contribution in [3.8, 4) is 0 Å². The average molecular weight is 362 g/mol. The van der Waals surface area contributed by atoms with E-state index in [1.165, 1.54) is 4.57 Å². The van der Waals surface area contributed by atoms with Gasteiger partial charge in [-0.3, -0.25) is 9.36 Å². The Balaban J connectivity index is 1.91. The summed E-state index contributed by atoms with van der Waals surface area (Å²) in [5.74, 6) is -0.647. The fourth-order valence-electron chi connectivity index (χ4n) is 3.10. The first-order valence-electron chi connectivity index (χ1n) is 8.35. The lowest BCUT2D eigenvalue weighted by Gasteiger charge is -2.25. The molecule has 1 unspecified atom stereocenters. The molecule has 2 N–H and O–H groups in total. The van der Waals surface area contributed by atoms with Gasteiger partial charge in [0.05, 0.1) is 5.69 Å². The summed E-state index contributed by atoms with van der Waals surface area (Å²) in [7, 11) is 0. The number of nitrogens with two attached hydrogens (primary N) is 1. The standard InChI is InChI=1S/C18H20ClN3O3/c19-15-13-9-5-2-6-10-14(22(13)17(23)16(20)21-15)18(24)25-11-12-7-3-1-4-8-12/h1,3-4,7-8,14H,2,5-6,9-11H2,(H2,20,21). The molecule has 1 atom stereocenters. The smallest absolute Gasteiger partial charge is 0.329 e. The number of hydrogen-bond donors (Lipinski definition) is 1. The highest BCUT2D eigenvalue weighted by Crippen LogP contribution is 2.27. The van der Waals surface area contributed by atoms with E-state index in [0.29, 0.717) is 18.5 Å². The molecule has 2 heterocycles. The van der Waals surface area contributed by atoms with Crippen LogP contribution >= 0.6 is 11.6 Å². The number of anilines is 1. The monoisotopic (exact) mass is 361 g/mol. The van der Waals surface area contributed by atoms with Gasteiger partial charge in [0, 0.05) is 0 Å². The van der Waals surface area contributed by atoms with Crippen LogP contribution in [-0.2, 0) is 22.6 Å². The molecule has 1 aliphatic heterocycles. The minimum atomic E-state index is -0.727. The van der Waals surface area contributed by atoms with Gasteiger partial charge in [0.25, 0.3) is 5.56 Å². The molecule has 7 heteroatoms. The third-order valence-electron chi connectivity index (χ3n) is 4.38. The van der Waals surface area contributed by atoms with Crippen LogP contribution in [0, 0.1) is 0 Å².